The Labute approximate surface area is 104 Å². The number of nitrogens with zero attached hydrogens (tertiary/aromatic N) is 2. The fraction of sp³-hybridized carbons (Fsp3) is 0.636. The first kappa shape index (κ1) is 13.2. The Hall–Kier alpha value is -0.840. The van der Waals surface area contributed by atoms with Crippen LogP contribution in [0.4, 0.5) is 5.69 Å². The minimum atomic E-state index is -0.128. The van der Waals surface area contributed by atoms with Crippen LogP contribution in [0.5, 0.6) is 0 Å². The monoisotopic (exact) mass is 287 g/mol. The lowest BCUT2D eigenvalue weighted by atomic mass is 9.99. The number of anilines is 1. The number of hydrogen-bond acceptors (Lipinski definition) is 3. The first-order valence-electron chi connectivity index (χ1n) is 5.37. The molecule has 1 heterocycles. The van der Waals surface area contributed by atoms with Crippen LogP contribution in [0.1, 0.15) is 33.6 Å². The normalized spacial score (nSPS) is 11.6. The molecule has 0 atom stereocenters. The highest BCUT2D eigenvalue weighted by atomic mass is 79.9. The highest BCUT2D eigenvalue weighted by Gasteiger charge is 2.18. The van der Waals surface area contributed by atoms with E-state index >= 15 is 0 Å². The van der Waals surface area contributed by atoms with Crippen molar-refractivity contribution in [1.82, 2.24) is 9.78 Å². The standard InChI is InChI=1S/C11H18BrN3O/c1-5-6-11(2,3)14-8-7-13-15(4)10(16)9(8)12/h7,14H,5-6H2,1-4H3. The van der Waals surface area contributed by atoms with Crippen molar-refractivity contribution < 1.29 is 0 Å². The third kappa shape index (κ3) is 3.07. The Morgan fingerprint density at radius 1 is 1.56 bits per heavy atom. The molecule has 4 nitrogen and oxygen atoms in total. The lowest BCUT2D eigenvalue weighted by molar-refractivity contribution is 0.509. The van der Waals surface area contributed by atoms with Gasteiger partial charge in [0.2, 0.25) is 0 Å². The molecule has 0 saturated heterocycles. The average Bonchev–Trinajstić information content (AvgIpc) is 2.19. The molecule has 0 unspecified atom stereocenters. The maximum atomic E-state index is 11.6. The smallest absolute Gasteiger partial charge is 0.282 e. The van der Waals surface area contributed by atoms with Crippen LogP contribution in [-0.2, 0) is 7.05 Å². The van der Waals surface area contributed by atoms with E-state index in [0.717, 1.165) is 18.5 Å². The van der Waals surface area contributed by atoms with Gasteiger partial charge in [0, 0.05) is 12.6 Å². The summed E-state index contributed by atoms with van der Waals surface area (Å²) < 4.78 is 1.84. The molecule has 1 aromatic rings. The van der Waals surface area contributed by atoms with E-state index in [0.29, 0.717) is 4.47 Å². The zero-order valence-corrected chi connectivity index (χ0v) is 11.8. The Morgan fingerprint density at radius 2 is 2.19 bits per heavy atom. The van der Waals surface area contributed by atoms with Crippen molar-refractivity contribution in [1.29, 1.82) is 0 Å². The Bertz CT molecular complexity index is 426. The first-order chi connectivity index (χ1) is 7.37. The highest BCUT2D eigenvalue weighted by Crippen LogP contribution is 2.23. The number of aryl methyl sites for hydroxylation is 1. The molecule has 0 bridgehead atoms. The summed E-state index contributed by atoms with van der Waals surface area (Å²) in [5.74, 6) is 0. The maximum absolute atomic E-state index is 11.6. The van der Waals surface area contributed by atoms with Gasteiger partial charge in [0.25, 0.3) is 5.56 Å². The van der Waals surface area contributed by atoms with Gasteiger partial charge in [0.05, 0.1) is 11.9 Å². The van der Waals surface area contributed by atoms with Gasteiger partial charge in [-0.3, -0.25) is 4.79 Å². The topological polar surface area (TPSA) is 46.9 Å². The SMILES string of the molecule is CCCC(C)(C)Nc1cnn(C)c(=O)c1Br. The van der Waals surface area contributed by atoms with Crippen LogP contribution in [0.25, 0.3) is 0 Å². The summed E-state index contributed by atoms with van der Waals surface area (Å²) in [4.78, 5) is 11.6. The van der Waals surface area contributed by atoms with Gasteiger partial charge in [0.1, 0.15) is 4.47 Å². The molecule has 0 aliphatic carbocycles. The van der Waals surface area contributed by atoms with Gasteiger partial charge in [-0.15, -0.1) is 0 Å². The van der Waals surface area contributed by atoms with Crippen LogP contribution in [0, 0.1) is 0 Å². The summed E-state index contributed by atoms with van der Waals surface area (Å²) in [6.45, 7) is 6.36. The molecule has 0 radical (unpaired) electrons. The van der Waals surface area contributed by atoms with Crippen LogP contribution >= 0.6 is 15.9 Å². The van der Waals surface area contributed by atoms with Crippen molar-refractivity contribution in [2.75, 3.05) is 5.32 Å². The van der Waals surface area contributed by atoms with Crippen molar-refractivity contribution >= 4 is 21.6 Å². The summed E-state index contributed by atoms with van der Waals surface area (Å²) in [5.41, 5.74) is 0.588. The minimum Gasteiger partial charge on any atom is -0.378 e. The summed E-state index contributed by atoms with van der Waals surface area (Å²) >= 11 is 3.30. The highest BCUT2D eigenvalue weighted by molar-refractivity contribution is 9.10. The molecule has 1 N–H and O–H groups in total. The third-order valence-corrected chi connectivity index (χ3v) is 3.19. The lowest BCUT2D eigenvalue weighted by Gasteiger charge is -2.27. The molecular formula is C11H18BrN3O. The maximum Gasteiger partial charge on any atom is 0.282 e. The molecule has 0 aliphatic heterocycles. The molecule has 0 amide bonds. The minimum absolute atomic E-state index is 0.0364. The summed E-state index contributed by atoms with van der Waals surface area (Å²) in [6, 6.07) is 0. The zero-order chi connectivity index (χ0) is 12.3. The van der Waals surface area contributed by atoms with Gasteiger partial charge in [-0.2, -0.15) is 5.10 Å². The summed E-state index contributed by atoms with van der Waals surface area (Å²) in [6.07, 6.45) is 3.80. The molecule has 0 saturated carbocycles. The van der Waals surface area contributed by atoms with Crippen LogP contribution < -0.4 is 10.9 Å². The molecule has 1 rings (SSSR count). The van der Waals surface area contributed by atoms with E-state index < -0.39 is 0 Å². The van der Waals surface area contributed by atoms with E-state index in [1.165, 1.54) is 4.68 Å². The van der Waals surface area contributed by atoms with Crippen molar-refractivity contribution in [3.05, 3.63) is 21.0 Å². The fourth-order valence-electron chi connectivity index (χ4n) is 1.65. The molecule has 5 heteroatoms. The van der Waals surface area contributed by atoms with Crippen LogP contribution in [0.2, 0.25) is 0 Å². The second kappa shape index (κ2) is 4.99. The first-order valence-corrected chi connectivity index (χ1v) is 6.16. The largest absolute Gasteiger partial charge is 0.378 e. The second-order valence-electron chi connectivity index (χ2n) is 4.56. The van der Waals surface area contributed by atoms with Gasteiger partial charge in [-0.05, 0) is 36.2 Å². The van der Waals surface area contributed by atoms with Gasteiger partial charge in [0.15, 0.2) is 0 Å². The molecule has 0 spiro atoms. The van der Waals surface area contributed by atoms with Crippen molar-refractivity contribution in [3.8, 4) is 0 Å². The van der Waals surface area contributed by atoms with Gasteiger partial charge < -0.3 is 5.32 Å². The van der Waals surface area contributed by atoms with E-state index in [1.54, 1.807) is 13.2 Å². The molecule has 0 fully saturated rings. The molecule has 0 aliphatic rings. The lowest BCUT2D eigenvalue weighted by Crippen LogP contribution is -2.32. The molecule has 1 aromatic heterocycles. The fourth-order valence-corrected chi connectivity index (χ4v) is 2.11. The Morgan fingerprint density at radius 3 is 2.75 bits per heavy atom. The van der Waals surface area contributed by atoms with Gasteiger partial charge in [-0.25, -0.2) is 4.68 Å². The van der Waals surface area contributed by atoms with Crippen molar-refractivity contribution in [2.24, 2.45) is 7.05 Å². The number of rotatable bonds is 4. The number of nitrogens with one attached hydrogen (secondary N) is 1. The average molecular weight is 288 g/mol. The molecule has 0 aromatic carbocycles. The number of aromatic nitrogens is 2. The van der Waals surface area contributed by atoms with E-state index in [2.05, 4.69) is 47.1 Å². The Kier molecular flexibility index (Phi) is 4.13. The van der Waals surface area contributed by atoms with E-state index in [4.69, 9.17) is 0 Å². The molecule has 90 valence electrons. The predicted octanol–water partition coefficient (Wildman–Crippen LogP) is 2.53. The molecular weight excluding hydrogens is 270 g/mol. The van der Waals surface area contributed by atoms with Crippen LogP contribution in [0.15, 0.2) is 15.5 Å². The van der Waals surface area contributed by atoms with Gasteiger partial charge in [-0.1, -0.05) is 13.3 Å². The Balaban J connectivity index is 2.99. The number of halogens is 1. The summed E-state index contributed by atoms with van der Waals surface area (Å²) in [7, 11) is 1.63. The third-order valence-electron chi connectivity index (χ3n) is 2.43. The summed E-state index contributed by atoms with van der Waals surface area (Å²) in [5, 5.41) is 7.33. The van der Waals surface area contributed by atoms with Crippen molar-refractivity contribution in [3.63, 3.8) is 0 Å². The molecule has 16 heavy (non-hydrogen) atoms. The predicted molar refractivity (Wildman–Crippen MR) is 69.8 cm³/mol. The second-order valence-corrected chi connectivity index (χ2v) is 5.35. The van der Waals surface area contributed by atoms with Crippen LogP contribution in [0.3, 0.4) is 0 Å². The van der Waals surface area contributed by atoms with Gasteiger partial charge >= 0.3 is 0 Å². The zero-order valence-electron chi connectivity index (χ0n) is 10.2. The van der Waals surface area contributed by atoms with Crippen LogP contribution in [-0.4, -0.2) is 15.3 Å². The van der Waals surface area contributed by atoms with E-state index in [-0.39, 0.29) is 11.1 Å². The number of hydrogen-bond donors (Lipinski definition) is 1. The van der Waals surface area contributed by atoms with Crippen molar-refractivity contribution in [2.45, 2.75) is 39.2 Å². The van der Waals surface area contributed by atoms with E-state index in [9.17, 15) is 4.79 Å². The van der Waals surface area contributed by atoms with E-state index in [1.807, 2.05) is 0 Å². The quantitative estimate of drug-likeness (QED) is 0.926.